The van der Waals surface area contributed by atoms with Crippen LogP contribution >= 0.6 is 0 Å². The summed E-state index contributed by atoms with van der Waals surface area (Å²) in [5.74, 6) is -0.0304. The zero-order valence-corrected chi connectivity index (χ0v) is 11.8. The highest BCUT2D eigenvalue weighted by Gasteiger charge is 2.15. The third-order valence-corrected chi connectivity index (χ3v) is 3.65. The Morgan fingerprint density at radius 2 is 1.84 bits per heavy atom. The summed E-state index contributed by atoms with van der Waals surface area (Å²) in [7, 11) is 1.93. The van der Waals surface area contributed by atoms with Crippen LogP contribution in [0.2, 0.25) is 0 Å². The van der Waals surface area contributed by atoms with E-state index in [1.807, 2.05) is 38.5 Å². The summed E-state index contributed by atoms with van der Waals surface area (Å²) in [5, 5.41) is 0. The first-order valence-electron chi connectivity index (χ1n) is 6.37. The summed E-state index contributed by atoms with van der Waals surface area (Å²) < 4.78 is 5.01. The van der Waals surface area contributed by atoms with Gasteiger partial charge in [-0.1, -0.05) is 0 Å². The van der Waals surface area contributed by atoms with Crippen LogP contribution in [0, 0.1) is 13.8 Å². The van der Waals surface area contributed by atoms with Gasteiger partial charge < -0.3 is 4.57 Å². The predicted molar refractivity (Wildman–Crippen MR) is 73.6 cm³/mol. The average Bonchev–Trinajstić information content (AvgIpc) is 2.85. The molecule has 0 saturated carbocycles. The molecule has 0 aliphatic carbocycles. The molecule has 2 aromatic heterocycles. The second kappa shape index (κ2) is 4.91. The van der Waals surface area contributed by atoms with Crippen molar-refractivity contribution in [3.05, 3.63) is 45.9 Å². The number of rotatable bonds is 4. The standard InChI is InChI=1S/C14H19N3O2/c1-5-16-6-7-17(14(16)19)9-13(18)12-8-10(2)15(4)11(12)3/h6-8H,5,9H2,1-4H3. The second-order valence-corrected chi connectivity index (χ2v) is 4.76. The Morgan fingerprint density at radius 1 is 1.21 bits per heavy atom. The number of aromatic nitrogens is 3. The van der Waals surface area contributed by atoms with Gasteiger partial charge in [-0.2, -0.15) is 0 Å². The molecule has 0 bridgehead atoms. The Morgan fingerprint density at radius 3 is 2.32 bits per heavy atom. The molecule has 0 radical (unpaired) electrons. The van der Waals surface area contributed by atoms with Crippen LogP contribution in [0.15, 0.2) is 23.3 Å². The molecule has 0 fully saturated rings. The van der Waals surface area contributed by atoms with Crippen LogP contribution in [0.3, 0.4) is 0 Å². The molecule has 102 valence electrons. The van der Waals surface area contributed by atoms with Crippen molar-refractivity contribution in [3.8, 4) is 0 Å². The molecular formula is C14H19N3O2. The van der Waals surface area contributed by atoms with E-state index in [4.69, 9.17) is 0 Å². The molecule has 5 heteroatoms. The number of imidazole rings is 1. The van der Waals surface area contributed by atoms with Crippen molar-refractivity contribution >= 4 is 5.78 Å². The van der Waals surface area contributed by atoms with E-state index in [1.165, 1.54) is 4.57 Å². The molecule has 2 heterocycles. The van der Waals surface area contributed by atoms with E-state index >= 15 is 0 Å². The average molecular weight is 261 g/mol. The van der Waals surface area contributed by atoms with Crippen LogP contribution in [0.25, 0.3) is 0 Å². The molecular weight excluding hydrogens is 242 g/mol. The third kappa shape index (κ3) is 2.28. The molecule has 2 rings (SSSR count). The number of nitrogens with zero attached hydrogens (tertiary/aromatic N) is 3. The minimum Gasteiger partial charge on any atom is -0.351 e. The zero-order valence-electron chi connectivity index (χ0n) is 11.8. The number of carbonyl (C=O) groups is 1. The van der Waals surface area contributed by atoms with Crippen molar-refractivity contribution in [2.45, 2.75) is 33.9 Å². The van der Waals surface area contributed by atoms with Crippen molar-refractivity contribution in [3.63, 3.8) is 0 Å². The number of Topliss-reactive ketones (excluding diaryl/α,β-unsaturated/α-hetero) is 1. The van der Waals surface area contributed by atoms with E-state index in [2.05, 4.69) is 0 Å². The van der Waals surface area contributed by atoms with Crippen LogP contribution in [0.1, 0.15) is 28.7 Å². The molecule has 0 aromatic carbocycles. The van der Waals surface area contributed by atoms with Crippen molar-refractivity contribution in [2.75, 3.05) is 0 Å². The van der Waals surface area contributed by atoms with E-state index in [1.54, 1.807) is 17.0 Å². The quantitative estimate of drug-likeness (QED) is 0.783. The van der Waals surface area contributed by atoms with Crippen molar-refractivity contribution in [1.82, 2.24) is 13.7 Å². The maximum atomic E-state index is 12.3. The molecule has 0 aliphatic heterocycles. The highest BCUT2D eigenvalue weighted by Crippen LogP contribution is 2.14. The van der Waals surface area contributed by atoms with Crippen molar-refractivity contribution in [2.24, 2.45) is 7.05 Å². The van der Waals surface area contributed by atoms with Gasteiger partial charge in [-0.25, -0.2) is 4.79 Å². The van der Waals surface area contributed by atoms with E-state index < -0.39 is 0 Å². The molecule has 0 atom stereocenters. The summed E-state index contributed by atoms with van der Waals surface area (Å²) in [5.41, 5.74) is 2.53. The van der Waals surface area contributed by atoms with Gasteiger partial charge in [-0.05, 0) is 26.8 Å². The Kier molecular flexibility index (Phi) is 3.46. The van der Waals surface area contributed by atoms with Crippen LogP contribution in [0.5, 0.6) is 0 Å². The number of carbonyl (C=O) groups excluding carboxylic acids is 1. The van der Waals surface area contributed by atoms with Gasteiger partial charge in [0.1, 0.15) is 0 Å². The van der Waals surface area contributed by atoms with Crippen LogP contribution in [0.4, 0.5) is 0 Å². The maximum absolute atomic E-state index is 12.3. The predicted octanol–water partition coefficient (Wildman–Crippen LogP) is 1.51. The van der Waals surface area contributed by atoms with Crippen molar-refractivity contribution in [1.29, 1.82) is 0 Å². The topological polar surface area (TPSA) is 48.9 Å². The maximum Gasteiger partial charge on any atom is 0.328 e. The first-order chi connectivity index (χ1) is 8.95. The van der Waals surface area contributed by atoms with E-state index in [0.29, 0.717) is 12.1 Å². The van der Waals surface area contributed by atoms with Gasteiger partial charge in [0.2, 0.25) is 0 Å². The third-order valence-electron chi connectivity index (χ3n) is 3.65. The highest BCUT2D eigenvalue weighted by molar-refractivity contribution is 5.97. The van der Waals surface area contributed by atoms with Gasteiger partial charge in [0.15, 0.2) is 5.78 Å². The summed E-state index contributed by atoms with van der Waals surface area (Å²) in [6.45, 7) is 6.49. The van der Waals surface area contributed by atoms with Gasteiger partial charge in [-0.15, -0.1) is 0 Å². The molecule has 0 N–H and O–H groups in total. The normalized spacial score (nSPS) is 10.9. The summed E-state index contributed by atoms with van der Waals surface area (Å²) in [6, 6.07) is 1.87. The minimum absolute atomic E-state index is 0.0304. The lowest BCUT2D eigenvalue weighted by molar-refractivity contribution is 0.0970. The first-order valence-corrected chi connectivity index (χ1v) is 6.37. The van der Waals surface area contributed by atoms with E-state index in [0.717, 1.165) is 11.4 Å². The summed E-state index contributed by atoms with van der Waals surface area (Å²) in [6.07, 6.45) is 3.37. The summed E-state index contributed by atoms with van der Waals surface area (Å²) >= 11 is 0. The van der Waals surface area contributed by atoms with Crippen molar-refractivity contribution < 1.29 is 4.79 Å². The Labute approximate surface area is 112 Å². The highest BCUT2D eigenvalue weighted by atomic mass is 16.2. The monoisotopic (exact) mass is 261 g/mol. The Hall–Kier alpha value is -2.04. The molecule has 19 heavy (non-hydrogen) atoms. The Bertz CT molecular complexity index is 673. The fraction of sp³-hybridized carbons (Fsp3) is 0.429. The van der Waals surface area contributed by atoms with Gasteiger partial charge >= 0.3 is 5.69 Å². The lowest BCUT2D eigenvalue weighted by atomic mass is 10.1. The molecule has 0 saturated heterocycles. The van der Waals surface area contributed by atoms with E-state index in [-0.39, 0.29) is 18.0 Å². The lowest BCUT2D eigenvalue weighted by Gasteiger charge is -2.03. The first kappa shape index (κ1) is 13.4. The molecule has 0 spiro atoms. The largest absolute Gasteiger partial charge is 0.351 e. The molecule has 0 unspecified atom stereocenters. The SMILES string of the molecule is CCn1ccn(CC(=O)c2cc(C)n(C)c2C)c1=O. The van der Waals surface area contributed by atoms with Gasteiger partial charge in [-0.3, -0.25) is 13.9 Å². The second-order valence-electron chi connectivity index (χ2n) is 4.76. The van der Waals surface area contributed by atoms with Gasteiger partial charge in [0.05, 0.1) is 6.54 Å². The van der Waals surface area contributed by atoms with Gasteiger partial charge in [0, 0.05) is 42.9 Å². The van der Waals surface area contributed by atoms with Gasteiger partial charge in [0.25, 0.3) is 0 Å². The lowest BCUT2D eigenvalue weighted by Crippen LogP contribution is -2.26. The number of hydrogen-bond acceptors (Lipinski definition) is 2. The molecule has 5 nitrogen and oxygen atoms in total. The van der Waals surface area contributed by atoms with E-state index in [9.17, 15) is 9.59 Å². The van der Waals surface area contributed by atoms with Crippen LogP contribution in [-0.2, 0) is 20.1 Å². The number of aryl methyl sites for hydroxylation is 2. The number of ketones is 1. The van der Waals surface area contributed by atoms with Crippen LogP contribution < -0.4 is 5.69 Å². The summed E-state index contributed by atoms with van der Waals surface area (Å²) in [4.78, 5) is 24.2. The smallest absolute Gasteiger partial charge is 0.328 e. The molecule has 2 aromatic rings. The Balaban J connectivity index is 2.28. The fourth-order valence-corrected chi connectivity index (χ4v) is 2.19. The molecule has 0 amide bonds. The minimum atomic E-state index is -0.138. The molecule has 0 aliphatic rings. The number of hydrogen-bond donors (Lipinski definition) is 0. The van der Waals surface area contributed by atoms with Crippen LogP contribution in [-0.4, -0.2) is 19.5 Å². The zero-order chi connectivity index (χ0) is 14.2. The fourth-order valence-electron chi connectivity index (χ4n) is 2.19.